The van der Waals surface area contributed by atoms with Crippen molar-refractivity contribution >= 4 is 5.91 Å². The standard InChI is InChI=1S/C27H36N2O7.2H2/c1-32-18-20-4-3-12-29(20)17-23(27(31)19-5-10-24-25(16-19)36-15-14-35-24)28-26(30)11-13-34-22-8-6-21(33-2)7-9-22;;/h5-10,16,20,23,27,31H,3-4,11-15,17-18H2,1-2H3,(H,28,30);2*1H/t20-,23+,27-;;/m0../s1. The van der Waals surface area contributed by atoms with Gasteiger partial charge in [0.15, 0.2) is 11.5 Å². The summed E-state index contributed by atoms with van der Waals surface area (Å²) in [5.41, 5.74) is 0.668. The number of hydrogen-bond acceptors (Lipinski definition) is 8. The minimum Gasteiger partial charge on any atom is -0.497 e. The van der Waals surface area contributed by atoms with Gasteiger partial charge in [0.05, 0.1) is 32.8 Å². The molecule has 0 unspecified atom stereocenters. The predicted molar refractivity (Wildman–Crippen MR) is 138 cm³/mol. The molecule has 0 bridgehead atoms. The second kappa shape index (κ2) is 12.8. The molecule has 1 saturated heterocycles. The lowest BCUT2D eigenvalue weighted by Gasteiger charge is -2.32. The van der Waals surface area contributed by atoms with E-state index in [1.54, 1.807) is 38.5 Å². The molecule has 4 rings (SSSR count). The van der Waals surface area contributed by atoms with Gasteiger partial charge in [-0.1, -0.05) is 6.07 Å². The van der Waals surface area contributed by atoms with Crippen LogP contribution in [-0.4, -0.2) is 81.7 Å². The summed E-state index contributed by atoms with van der Waals surface area (Å²) in [6.45, 7) is 3.22. The van der Waals surface area contributed by atoms with E-state index in [0.717, 1.165) is 25.1 Å². The number of aliphatic hydroxyl groups excluding tert-OH is 1. The van der Waals surface area contributed by atoms with Crippen molar-refractivity contribution in [3.63, 3.8) is 0 Å². The molecule has 0 saturated carbocycles. The fourth-order valence-electron chi connectivity index (χ4n) is 4.68. The van der Waals surface area contributed by atoms with Crippen LogP contribution in [0, 0.1) is 0 Å². The van der Waals surface area contributed by atoms with Crippen molar-refractivity contribution in [2.24, 2.45) is 0 Å². The van der Waals surface area contributed by atoms with Gasteiger partial charge in [0.2, 0.25) is 5.91 Å². The molecule has 2 N–H and O–H groups in total. The Bertz CT molecular complexity index is 996. The molecule has 2 aromatic rings. The zero-order valence-electron chi connectivity index (χ0n) is 21.0. The second-order valence-electron chi connectivity index (χ2n) is 9.04. The highest BCUT2D eigenvalue weighted by atomic mass is 16.6. The lowest BCUT2D eigenvalue weighted by Crippen LogP contribution is -2.49. The largest absolute Gasteiger partial charge is 0.497 e. The van der Waals surface area contributed by atoms with Gasteiger partial charge in [0, 0.05) is 22.5 Å². The fourth-order valence-corrected chi connectivity index (χ4v) is 4.68. The SMILES string of the molecule is COC[C@@H]1CCCN1C[C@@H](NC(=O)CCOc1ccc(OC)cc1)[C@@H](O)c1ccc2c(c1)OCCO2.[HH].[HH]. The Hall–Kier alpha value is -3.01. The maximum absolute atomic E-state index is 12.9. The highest BCUT2D eigenvalue weighted by Crippen LogP contribution is 2.34. The van der Waals surface area contributed by atoms with E-state index in [-0.39, 0.29) is 27.8 Å². The van der Waals surface area contributed by atoms with Crippen LogP contribution < -0.4 is 24.3 Å². The maximum atomic E-state index is 12.9. The molecule has 36 heavy (non-hydrogen) atoms. The number of nitrogens with zero attached hydrogens (tertiary/aromatic N) is 1. The Morgan fingerprint density at radius 3 is 2.64 bits per heavy atom. The first-order valence-electron chi connectivity index (χ1n) is 12.4. The summed E-state index contributed by atoms with van der Waals surface area (Å²) in [5.74, 6) is 2.48. The van der Waals surface area contributed by atoms with Gasteiger partial charge in [-0.15, -0.1) is 0 Å². The Morgan fingerprint density at radius 2 is 1.89 bits per heavy atom. The third kappa shape index (κ3) is 6.81. The number of benzene rings is 2. The average Bonchev–Trinajstić information content (AvgIpc) is 3.34. The highest BCUT2D eigenvalue weighted by molar-refractivity contribution is 5.76. The van der Waals surface area contributed by atoms with Crippen molar-refractivity contribution < 1.29 is 36.4 Å². The van der Waals surface area contributed by atoms with Crippen molar-refractivity contribution in [1.29, 1.82) is 0 Å². The highest BCUT2D eigenvalue weighted by Gasteiger charge is 2.31. The van der Waals surface area contributed by atoms with Gasteiger partial charge in [-0.05, 0) is 61.3 Å². The van der Waals surface area contributed by atoms with E-state index in [1.807, 2.05) is 18.2 Å². The van der Waals surface area contributed by atoms with Crippen molar-refractivity contribution in [1.82, 2.24) is 10.2 Å². The molecule has 1 fully saturated rings. The summed E-state index contributed by atoms with van der Waals surface area (Å²) < 4.78 is 27.6. The second-order valence-corrected chi connectivity index (χ2v) is 9.04. The predicted octanol–water partition coefficient (Wildman–Crippen LogP) is 3.06. The molecule has 0 aliphatic carbocycles. The summed E-state index contributed by atoms with van der Waals surface area (Å²) >= 11 is 0. The van der Waals surface area contributed by atoms with Gasteiger partial charge in [-0.2, -0.15) is 0 Å². The summed E-state index contributed by atoms with van der Waals surface area (Å²) in [7, 11) is 3.30. The number of aliphatic hydroxyl groups is 1. The third-order valence-corrected chi connectivity index (χ3v) is 6.58. The maximum Gasteiger partial charge on any atom is 0.223 e. The van der Waals surface area contributed by atoms with Crippen LogP contribution in [0.5, 0.6) is 23.0 Å². The molecule has 1 amide bonds. The quantitative estimate of drug-likeness (QED) is 0.455. The van der Waals surface area contributed by atoms with Crippen molar-refractivity contribution in [2.45, 2.75) is 37.5 Å². The van der Waals surface area contributed by atoms with Crippen LogP contribution in [0.15, 0.2) is 42.5 Å². The van der Waals surface area contributed by atoms with E-state index in [2.05, 4.69) is 10.2 Å². The lowest BCUT2D eigenvalue weighted by molar-refractivity contribution is -0.123. The fraction of sp³-hybridized carbons (Fsp3) is 0.519. The van der Waals surface area contributed by atoms with Gasteiger partial charge < -0.3 is 34.1 Å². The van der Waals surface area contributed by atoms with E-state index < -0.39 is 12.1 Å². The van der Waals surface area contributed by atoms with Crippen molar-refractivity contribution in [3.05, 3.63) is 48.0 Å². The monoisotopic (exact) mass is 504 g/mol. The van der Waals surface area contributed by atoms with Gasteiger partial charge in [-0.25, -0.2) is 0 Å². The van der Waals surface area contributed by atoms with Crippen LogP contribution in [0.1, 0.15) is 33.8 Å². The topological polar surface area (TPSA) is 98.7 Å². The molecule has 2 heterocycles. The van der Waals surface area contributed by atoms with Crippen LogP contribution in [0.3, 0.4) is 0 Å². The molecule has 3 atom stereocenters. The Morgan fingerprint density at radius 1 is 1.14 bits per heavy atom. The number of hydrogen-bond donors (Lipinski definition) is 2. The number of ether oxygens (including phenoxy) is 5. The summed E-state index contributed by atoms with van der Waals surface area (Å²) in [4.78, 5) is 15.2. The molecule has 200 valence electrons. The number of rotatable bonds is 12. The van der Waals surface area contributed by atoms with Crippen LogP contribution in [0.2, 0.25) is 0 Å². The van der Waals surface area contributed by atoms with Crippen molar-refractivity contribution in [2.75, 3.05) is 53.7 Å². The lowest BCUT2D eigenvalue weighted by atomic mass is 10.00. The normalized spacial score (nSPS) is 18.9. The Kier molecular flexibility index (Phi) is 9.27. The molecule has 2 aliphatic rings. The smallest absolute Gasteiger partial charge is 0.223 e. The summed E-state index contributed by atoms with van der Waals surface area (Å²) in [6, 6.07) is 12.4. The number of likely N-dealkylation sites (tertiary alicyclic amines) is 1. The molecular weight excluding hydrogens is 464 g/mol. The number of carbonyl (C=O) groups is 1. The molecule has 0 aromatic heterocycles. The minimum atomic E-state index is -0.920. The first-order chi connectivity index (χ1) is 17.6. The van der Waals surface area contributed by atoms with E-state index >= 15 is 0 Å². The van der Waals surface area contributed by atoms with Crippen LogP contribution >= 0.6 is 0 Å². The zero-order chi connectivity index (χ0) is 25.3. The molecular formula is C27H40N2O7. The minimum absolute atomic E-state index is 0. The van der Waals surface area contributed by atoms with Gasteiger partial charge in [0.25, 0.3) is 0 Å². The van der Waals surface area contributed by atoms with Crippen LogP contribution in [0.25, 0.3) is 0 Å². The average molecular weight is 505 g/mol. The third-order valence-electron chi connectivity index (χ3n) is 6.58. The first-order valence-corrected chi connectivity index (χ1v) is 12.4. The Labute approximate surface area is 215 Å². The Balaban J connectivity index is 0.00000253. The van der Waals surface area contributed by atoms with Crippen LogP contribution in [0.4, 0.5) is 0 Å². The summed E-state index contributed by atoms with van der Waals surface area (Å²) in [5, 5.41) is 14.4. The van der Waals surface area contributed by atoms with Crippen molar-refractivity contribution in [3.8, 4) is 23.0 Å². The van der Waals surface area contributed by atoms with E-state index in [9.17, 15) is 9.90 Å². The van der Waals surface area contributed by atoms with E-state index in [4.69, 9.17) is 23.7 Å². The number of fused-ring (bicyclic) bond motifs is 1. The first kappa shape index (κ1) is 26.1. The number of amides is 1. The summed E-state index contributed by atoms with van der Waals surface area (Å²) in [6.07, 6.45) is 1.34. The van der Waals surface area contributed by atoms with Gasteiger partial charge >= 0.3 is 0 Å². The number of carbonyl (C=O) groups excluding carboxylic acids is 1. The van der Waals surface area contributed by atoms with E-state index in [1.165, 1.54) is 0 Å². The van der Waals surface area contributed by atoms with Gasteiger partial charge in [-0.3, -0.25) is 9.69 Å². The number of methoxy groups -OCH3 is 2. The molecule has 0 spiro atoms. The van der Waals surface area contributed by atoms with Crippen LogP contribution in [-0.2, 0) is 9.53 Å². The molecule has 2 aliphatic heterocycles. The molecule has 2 aromatic carbocycles. The molecule has 0 radical (unpaired) electrons. The molecule has 9 nitrogen and oxygen atoms in total. The van der Waals surface area contributed by atoms with E-state index in [0.29, 0.717) is 49.2 Å². The molecule has 9 heteroatoms. The zero-order valence-corrected chi connectivity index (χ0v) is 21.0. The number of nitrogens with one attached hydrogen (secondary N) is 1. The van der Waals surface area contributed by atoms with Gasteiger partial charge in [0.1, 0.15) is 30.8 Å².